The molecule has 1 N–H and O–H groups in total. The Balaban J connectivity index is 1.31. The fourth-order valence-electron chi connectivity index (χ4n) is 4.16. The number of hydrogen-bond donors (Lipinski definition) is 1. The predicted octanol–water partition coefficient (Wildman–Crippen LogP) is 0.592. The quantitative estimate of drug-likeness (QED) is 0.749. The number of likely N-dealkylation sites (tertiary alicyclic amines) is 1. The largest absolute Gasteiger partial charge is 0.353 e. The third-order valence-corrected chi connectivity index (χ3v) is 5.83. The van der Waals surface area contributed by atoms with E-state index in [0.717, 1.165) is 51.9 Å². The van der Waals surface area contributed by atoms with Gasteiger partial charge in [-0.1, -0.05) is 12.8 Å². The van der Waals surface area contributed by atoms with E-state index in [9.17, 15) is 14.4 Å². The van der Waals surface area contributed by atoms with Crippen molar-refractivity contribution in [3.63, 3.8) is 0 Å². The Hall–Kier alpha value is -1.63. The summed E-state index contributed by atoms with van der Waals surface area (Å²) in [4.78, 5) is 42.4. The van der Waals surface area contributed by atoms with Gasteiger partial charge < -0.3 is 15.1 Å². The van der Waals surface area contributed by atoms with Gasteiger partial charge in [0.15, 0.2) is 0 Å². The van der Waals surface area contributed by atoms with Crippen LogP contribution in [-0.4, -0.2) is 84.3 Å². The first-order chi connectivity index (χ1) is 12.6. The highest BCUT2D eigenvalue weighted by atomic mass is 16.2. The van der Waals surface area contributed by atoms with E-state index in [1.54, 1.807) is 0 Å². The Morgan fingerprint density at radius 3 is 2.00 bits per heavy atom. The zero-order valence-electron chi connectivity index (χ0n) is 15.8. The second kappa shape index (κ2) is 9.35. The maximum absolute atomic E-state index is 12.3. The van der Waals surface area contributed by atoms with Crippen LogP contribution in [0.1, 0.15) is 51.4 Å². The van der Waals surface area contributed by atoms with Crippen molar-refractivity contribution in [3.05, 3.63) is 0 Å². The summed E-state index contributed by atoms with van der Waals surface area (Å²) >= 11 is 0. The second-order valence-corrected chi connectivity index (χ2v) is 7.79. The highest BCUT2D eigenvalue weighted by Gasteiger charge is 2.25. The van der Waals surface area contributed by atoms with E-state index in [2.05, 4.69) is 10.2 Å². The average Bonchev–Trinajstić information content (AvgIpc) is 3.34. The number of piperazine rings is 1. The third-order valence-electron chi connectivity index (χ3n) is 5.83. The van der Waals surface area contributed by atoms with Crippen molar-refractivity contribution < 1.29 is 14.4 Å². The van der Waals surface area contributed by atoms with Gasteiger partial charge in [0.2, 0.25) is 17.7 Å². The van der Waals surface area contributed by atoms with Crippen LogP contribution in [0.4, 0.5) is 0 Å². The van der Waals surface area contributed by atoms with Gasteiger partial charge in [-0.3, -0.25) is 19.3 Å². The van der Waals surface area contributed by atoms with Crippen LogP contribution in [0, 0.1) is 0 Å². The SMILES string of the molecule is O=C(CCC(=O)N1CCN(CC(=O)N2CCCC2)CC1)NC1CCCC1. The molecule has 2 saturated heterocycles. The lowest BCUT2D eigenvalue weighted by molar-refractivity contribution is -0.136. The lowest BCUT2D eigenvalue weighted by Crippen LogP contribution is -2.51. The fraction of sp³-hybridized carbons (Fsp3) is 0.842. The normalized spacial score (nSPS) is 22.0. The molecule has 7 heteroatoms. The zero-order valence-corrected chi connectivity index (χ0v) is 15.8. The summed E-state index contributed by atoms with van der Waals surface area (Å²) in [6.45, 7) is 5.01. The molecular weight excluding hydrogens is 332 g/mol. The standard InChI is InChI=1S/C19H32N4O3/c24-17(20-16-5-1-2-6-16)7-8-18(25)23-13-11-21(12-14-23)15-19(26)22-9-3-4-10-22/h16H,1-15H2,(H,20,24). The molecule has 0 spiro atoms. The summed E-state index contributed by atoms with van der Waals surface area (Å²) in [5, 5.41) is 3.03. The van der Waals surface area contributed by atoms with Crippen LogP contribution in [0.15, 0.2) is 0 Å². The molecule has 0 radical (unpaired) electrons. The number of amides is 3. The van der Waals surface area contributed by atoms with Gasteiger partial charge in [-0.2, -0.15) is 0 Å². The van der Waals surface area contributed by atoms with Crippen molar-refractivity contribution in [2.45, 2.75) is 57.4 Å². The van der Waals surface area contributed by atoms with Crippen molar-refractivity contribution in [2.24, 2.45) is 0 Å². The molecule has 0 bridgehead atoms. The minimum atomic E-state index is 0.0000887. The van der Waals surface area contributed by atoms with Gasteiger partial charge >= 0.3 is 0 Å². The minimum absolute atomic E-state index is 0.0000887. The smallest absolute Gasteiger partial charge is 0.236 e. The van der Waals surface area contributed by atoms with E-state index >= 15 is 0 Å². The molecule has 3 rings (SSSR count). The van der Waals surface area contributed by atoms with E-state index in [1.165, 1.54) is 12.8 Å². The van der Waals surface area contributed by atoms with Crippen LogP contribution >= 0.6 is 0 Å². The Bertz CT molecular complexity index is 505. The lowest BCUT2D eigenvalue weighted by Gasteiger charge is -2.35. The zero-order chi connectivity index (χ0) is 18.4. The van der Waals surface area contributed by atoms with Crippen LogP contribution < -0.4 is 5.32 Å². The van der Waals surface area contributed by atoms with Crippen LogP contribution in [0.3, 0.4) is 0 Å². The molecule has 0 aromatic rings. The van der Waals surface area contributed by atoms with Crippen LogP contribution in [-0.2, 0) is 14.4 Å². The molecule has 0 aromatic heterocycles. The summed E-state index contributed by atoms with van der Waals surface area (Å²) in [5.74, 6) is 0.267. The molecule has 0 atom stereocenters. The second-order valence-electron chi connectivity index (χ2n) is 7.79. The van der Waals surface area contributed by atoms with Crippen molar-refractivity contribution in [3.8, 4) is 0 Å². The van der Waals surface area contributed by atoms with Gasteiger partial charge in [-0.25, -0.2) is 0 Å². The van der Waals surface area contributed by atoms with Gasteiger partial charge in [0, 0.05) is 58.2 Å². The number of carbonyl (C=O) groups is 3. The van der Waals surface area contributed by atoms with Gasteiger partial charge in [-0.05, 0) is 25.7 Å². The highest BCUT2D eigenvalue weighted by molar-refractivity contribution is 5.84. The summed E-state index contributed by atoms with van der Waals surface area (Å²) in [5.41, 5.74) is 0. The monoisotopic (exact) mass is 364 g/mol. The van der Waals surface area contributed by atoms with Gasteiger partial charge in [0.1, 0.15) is 0 Å². The number of rotatable bonds is 6. The molecular formula is C19H32N4O3. The topological polar surface area (TPSA) is 73.0 Å². The average molecular weight is 364 g/mol. The van der Waals surface area contributed by atoms with Gasteiger partial charge in [0.05, 0.1) is 6.54 Å². The van der Waals surface area contributed by atoms with Crippen LogP contribution in [0.2, 0.25) is 0 Å². The van der Waals surface area contributed by atoms with Crippen LogP contribution in [0.25, 0.3) is 0 Å². The molecule has 1 saturated carbocycles. The molecule has 26 heavy (non-hydrogen) atoms. The summed E-state index contributed by atoms with van der Waals surface area (Å²) < 4.78 is 0. The summed E-state index contributed by atoms with van der Waals surface area (Å²) in [6.07, 6.45) is 7.30. The number of nitrogens with one attached hydrogen (secondary N) is 1. The summed E-state index contributed by atoms with van der Waals surface area (Å²) in [7, 11) is 0. The molecule has 146 valence electrons. The molecule has 0 aromatic carbocycles. The van der Waals surface area contributed by atoms with E-state index in [1.807, 2.05) is 9.80 Å². The van der Waals surface area contributed by atoms with Crippen molar-refractivity contribution >= 4 is 17.7 Å². The number of carbonyl (C=O) groups excluding carboxylic acids is 3. The van der Waals surface area contributed by atoms with Crippen molar-refractivity contribution in [1.82, 2.24) is 20.0 Å². The Labute approximate surface area is 156 Å². The van der Waals surface area contributed by atoms with E-state index in [0.29, 0.717) is 25.7 Å². The van der Waals surface area contributed by atoms with Crippen molar-refractivity contribution in [2.75, 3.05) is 45.8 Å². The molecule has 1 aliphatic carbocycles. The Morgan fingerprint density at radius 1 is 0.731 bits per heavy atom. The Kier molecular flexibility index (Phi) is 6.88. The number of nitrogens with zero attached hydrogens (tertiary/aromatic N) is 3. The minimum Gasteiger partial charge on any atom is -0.353 e. The molecule has 2 heterocycles. The third kappa shape index (κ3) is 5.43. The van der Waals surface area contributed by atoms with E-state index in [4.69, 9.17) is 0 Å². The summed E-state index contributed by atoms with van der Waals surface area (Å²) in [6, 6.07) is 0.314. The van der Waals surface area contributed by atoms with E-state index in [-0.39, 0.29) is 30.6 Å². The van der Waals surface area contributed by atoms with Gasteiger partial charge in [-0.15, -0.1) is 0 Å². The van der Waals surface area contributed by atoms with Crippen LogP contribution in [0.5, 0.6) is 0 Å². The first-order valence-corrected chi connectivity index (χ1v) is 10.2. The molecule has 3 fully saturated rings. The molecule has 3 aliphatic rings. The van der Waals surface area contributed by atoms with E-state index < -0.39 is 0 Å². The highest BCUT2D eigenvalue weighted by Crippen LogP contribution is 2.17. The molecule has 7 nitrogen and oxygen atoms in total. The maximum Gasteiger partial charge on any atom is 0.236 e. The number of hydrogen-bond acceptors (Lipinski definition) is 4. The molecule has 3 amide bonds. The first kappa shape index (κ1) is 19.1. The fourth-order valence-corrected chi connectivity index (χ4v) is 4.16. The molecule has 0 unspecified atom stereocenters. The molecule has 2 aliphatic heterocycles. The predicted molar refractivity (Wildman–Crippen MR) is 98.5 cm³/mol. The van der Waals surface area contributed by atoms with Crippen molar-refractivity contribution in [1.29, 1.82) is 0 Å². The van der Waals surface area contributed by atoms with Gasteiger partial charge in [0.25, 0.3) is 0 Å². The first-order valence-electron chi connectivity index (χ1n) is 10.2. The lowest BCUT2D eigenvalue weighted by atomic mass is 10.2. The Morgan fingerprint density at radius 2 is 1.35 bits per heavy atom. The maximum atomic E-state index is 12.3.